The highest BCUT2D eigenvalue weighted by atomic mass is 14.4. The summed E-state index contributed by atoms with van der Waals surface area (Å²) in [6, 6.07) is 37.8. The molecule has 0 saturated heterocycles. The SMILES string of the molecule is [B]c1c([B])c([B])c2c(-c3ccc4ccccc4c3)c3c([B])c([B])c([B])c([B])c3c(-c3cccc(-c4ccc5c(c4)C(C)(C)c4ccccc4-5)c3)c2c1[B]. The molecule has 8 aromatic carbocycles. The van der Waals surface area contributed by atoms with Crippen LogP contribution in [0.5, 0.6) is 0 Å². The van der Waals surface area contributed by atoms with Gasteiger partial charge in [0, 0.05) is 5.41 Å². The Morgan fingerprint density at radius 1 is 0.340 bits per heavy atom. The molecule has 8 heteroatoms. The highest BCUT2D eigenvalue weighted by Crippen LogP contribution is 2.50. The zero-order valence-electron chi connectivity index (χ0n) is 29.5. The smallest absolute Gasteiger partial charge is 0.110 e. The summed E-state index contributed by atoms with van der Waals surface area (Å²) >= 11 is 0. The van der Waals surface area contributed by atoms with Crippen LogP contribution in [-0.4, -0.2) is 62.8 Å². The topological polar surface area (TPSA) is 0 Å². The Hall–Kier alpha value is -4.94. The molecule has 0 N–H and O–H groups in total. The lowest BCUT2D eigenvalue weighted by atomic mass is 9.59. The highest BCUT2D eigenvalue weighted by Gasteiger charge is 2.35. The van der Waals surface area contributed by atoms with Crippen molar-refractivity contribution in [3.63, 3.8) is 0 Å². The second-order valence-corrected chi connectivity index (χ2v) is 14.6. The lowest BCUT2D eigenvalue weighted by Gasteiger charge is -2.28. The van der Waals surface area contributed by atoms with E-state index in [9.17, 15) is 0 Å². The number of hydrogen-bond donors (Lipinski definition) is 0. The molecule has 8 aromatic rings. The summed E-state index contributed by atoms with van der Waals surface area (Å²) in [6.07, 6.45) is 0. The lowest BCUT2D eigenvalue weighted by Crippen LogP contribution is -2.50. The van der Waals surface area contributed by atoms with Crippen LogP contribution in [0.1, 0.15) is 25.0 Å². The molecule has 9 rings (SSSR count). The van der Waals surface area contributed by atoms with E-state index in [-0.39, 0.29) is 49.1 Å². The van der Waals surface area contributed by atoms with Crippen LogP contribution < -0.4 is 43.7 Å². The number of rotatable bonds is 3. The summed E-state index contributed by atoms with van der Waals surface area (Å²) < 4.78 is 0. The zero-order valence-corrected chi connectivity index (χ0v) is 29.5. The van der Waals surface area contributed by atoms with Gasteiger partial charge in [0.2, 0.25) is 0 Å². The molecule has 0 atom stereocenters. The molecule has 0 saturated carbocycles. The maximum atomic E-state index is 7.00. The molecule has 0 aliphatic heterocycles. The highest BCUT2D eigenvalue weighted by molar-refractivity contribution is 6.71. The normalized spacial score (nSPS) is 13.1. The summed E-state index contributed by atoms with van der Waals surface area (Å²) in [5.74, 6) is 0. The minimum Gasteiger partial charge on any atom is -0.110 e. The van der Waals surface area contributed by atoms with Crippen molar-refractivity contribution < 1.29 is 0 Å². The minimum atomic E-state index is -0.155. The second-order valence-electron chi connectivity index (χ2n) is 14.6. The fourth-order valence-electron chi connectivity index (χ4n) is 8.61. The van der Waals surface area contributed by atoms with Crippen LogP contribution in [0.3, 0.4) is 0 Å². The summed E-state index contributed by atoms with van der Waals surface area (Å²) in [7, 11) is 54.4. The van der Waals surface area contributed by atoms with E-state index in [2.05, 4.69) is 92.7 Å². The van der Waals surface area contributed by atoms with Gasteiger partial charge in [-0.2, -0.15) is 0 Å². The van der Waals surface area contributed by atoms with Crippen molar-refractivity contribution in [3.8, 4) is 44.5 Å². The van der Waals surface area contributed by atoms with Gasteiger partial charge in [0.25, 0.3) is 0 Å². The molecule has 16 radical (unpaired) electrons. The van der Waals surface area contributed by atoms with Crippen LogP contribution >= 0.6 is 0 Å². The van der Waals surface area contributed by atoms with Crippen LogP contribution in [0.2, 0.25) is 0 Å². The molecule has 0 amide bonds. The van der Waals surface area contributed by atoms with Gasteiger partial charge in [0.1, 0.15) is 62.8 Å². The Balaban J connectivity index is 1.40. The van der Waals surface area contributed by atoms with Crippen molar-refractivity contribution in [1.82, 2.24) is 0 Å². The van der Waals surface area contributed by atoms with E-state index in [0.717, 1.165) is 33.0 Å². The van der Waals surface area contributed by atoms with Gasteiger partial charge < -0.3 is 0 Å². The van der Waals surface area contributed by atoms with E-state index < -0.39 is 0 Å². The molecule has 1 aliphatic carbocycles. The van der Waals surface area contributed by atoms with E-state index in [1.807, 2.05) is 30.3 Å². The van der Waals surface area contributed by atoms with Gasteiger partial charge in [-0.15, -0.1) is 21.9 Å². The number of fused-ring (bicyclic) bond motifs is 6. The van der Waals surface area contributed by atoms with Crippen molar-refractivity contribution >= 4 is 139 Å². The molecule has 0 spiro atoms. The largest absolute Gasteiger partial charge is 0.113 e. The first kappa shape index (κ1) is 33.9. The zero-order chi connectivity index (χ0) is 37.1. The van der Waals surface area contributed by atoms with Gasteiger partial charge in [0.15, 0.2) is 0 Å². The summed E-state index contributed by atoms with van der Waals surface area (Å²) in [5.41, 5.74) is 11.9. The predicted octanol–water partition coefficient (Wildman–Crippen LogP) is 2.80. The van der Waals surface area contributed by atoms with E-state index in [1.165, 1.54) is 22.3 Å². The van der Waals surface area contributed by atoms with Crippen LogP contribution in [0.25, 0.3) is 76.8 Å². The fraction of sp³-hybridized carbons (Fsp3) is 0.0667. The molecule has 53 heavy (non-hydrogen) atoms. The third-order valence-electron chi connectivity index (χ3n) is 11.4. The third kappa shape index (κ3) is 4.80. The monoisotopic (exact) mass is 652 g/mol. The van der Waals surface area contributed by atoms with Crippen molar-refractivity contribution in [3.05, 3.63) is 120 Å². The molecule has 0 fully saturated rings. The molecule has 0 bridgehead atoms. The molecule has 0 heterocycles. The number of benzene rings is 8. The minimum absolute atomic E-state index is 0.155. The van der Waals surface area contributed by atoms with Gasteiger partial charge in [0.05, 0.1) is 0 Å². The van der Waals surface area contributed by atoms with E-state index >= 15 is 0 Å². The summed E-state index contributed by atoms with van der Waals surface area (Å²) in [5, 5.41) is 4.50. The van der Waals surface area contributed by atoms with E-state index in [0.29, 0.717) is 32.7 Å². The van der Waals surface area contributed by atoms with Crippen LogP contribution in [0.4, 0.5) is 0 Å². The molecule has 0 unspecified atom stereocenters. The molecular weight excluding hydrogens is 627 g/mol. The Kier molecular flexibility index (Phi) is 7.69. The van der Waals surface area contributed by atoms with Gasteiger partial charge >= 0.3 is 0 Å². The first-order valence-electron chi connectivity index (χ1n) is 17.5. The summed E-state index contributed by atoms with van der Waals surface area (Å²) in [4.78, 5) is 0. The van der Waals surface area contributed by atoms with Crippen molar-refractivity contribution in [1.29, 1.82) is 0 Å². The van der Waals surface area contributed by atoms with Crippen LogP contribution in [-0.2, 0) is 5.41 Å². The Labute approximate surface area is 321 Å². The van der Waals surface area contributed by atoms with Gasteiger partial charge in [-0.25, -0.2) is 0 Å². The molecule has 228 valence electrons. The maximum Gasteiger partial charge on any atom is 0.113 e. The molecule has 0 nitrogen and oxygen atoms in total. The van der Waals surface area contributed by atoms with E-state index in [4.69, 9.17) is 62.8 Å². The first-order valence-corrected chi connectivity index (χ1v) is 17.5. The van der Waals surface area contributed by atoms with Crippen molar-refractivity contribution in [2.24, 2.45) is 0 Å². The molecule has 1 aliphatic rings. The summed E-state index contributed by atoms with van der Waals surface area (Å²) in [6.45, 7) is 4.56. The van der Waals surface area contributed by atoms with Crippen molar-refractivity contribution in [2.45, 2.75) is 19.3 Å². The average molecular weight is 651 g/mol. The fourth-order valence-corrected chi connectivity index (χ4v) is 8.61. The van der Waals surface area contributed by atoms with Crippen molar-refractivity contribution in [2.75, 3.05) is 0 Å². The quantitative estimate of drug-likeness (QED) is 0.204. The average Bonchev–Trinajstić information content (AvgIpc) is 3.41. The van der Waals surface area contributed by atoms with E-state index in [1.54, 1.807) is 0 Å². The Morgan fingerprint density at radius 3 is 1.40 bits per heavy atom. The first-order chi connectivity index (χ1) is 25.4. The standard InChI is InChI=1S/C45H24B8/c1-45(2)29-13-6-5-12-27(29)28-17-16-24(20-30(28)45)23-10-7-11-25(19-23)31-33-35(39(48)43(52)41(50)37(33)46)32(26-15-14-21-8-3-4-9-22(21)18-26)36-34(31)38(47)42(51)44(53)40(36)49/h3-20H,1-2H3. The van der Waals surface area contributed by atoms with Gasteiger partial charge in [-0.1, -0.05) is 127 Å². The maximum absolute atomic E-state index is 7.00. The second kappa shape index (κ2) is 12.0. The Bertz CT molecular complexity index is 2830. The van der Waals surface area contributed by atoms with Gasteiger partial charge in [-0.3, -0.25) is 0 Å². The third-order valence-corrected chi connectivity index (χ3v) is 11.4. The Morgan fingerprint density at radius 2 is 0.792 bits per heavy atom. The van der Waals surface area contributed by atoms with Crippen LogP contribution in [0.15, 0.2) is 109 Å². The number of hydrogen-bond acceptors (Lipinski definition) is 0. The molecular formula is C45H24B8. The predicted molar refractivity (Wildman–Crippen MR) is 236 cm³/mol. The van der Waals surface area contributed by atoms with Crippen LogP contribution in [0, 0.1) is 0 Å². The molecule has 0 aromatic heterocycles. The van der Waals surface area contributed by atoms with Gasteiger partial charge in [-0.05, 0) is 106 Å². The lowest BCUT2D eigenvalue weighted by molar-refractivity contribution is 0.660.